The maximum absolute atomic E-state index is 12.4. The van der Waals surface area contributed by atoms with Crippen LogP contribution in [0.1, 0.15) is 51.9 Å². The number of hydrogen-bond acceptors (Lipinski definition) is 17. The maximum Gasteiger partial charge on any atom is 0.309 e. The molecule has 0 saturated carbocycles. The van der Waals surface area contributed by atoms with Crippen molar-refractivity contribution in [3.8, 4) is 0 Å². The molecule has 3 aliphatic heterocycles. The Labute approximate surface area is 266 Å². The molecule has 3 aliphatic rings. The van der Waals surface area contributed by atoms with Gasteiger partial charge < -0.3 is 86.8 Å². The molecule has 0 aromatic carbocycles. The highest BCUT2D eigenvalue weighted by atomic mass is 16.7. The maximum atomic E-state index is 12.4. The Morgan fingerprint density at radius 1 is 0.761 bits per heavy atom. The molecule has 3 fully saturated rings. The van der Waals surface area contributed by atoms with Gasteiger partial charge in [0.25, 0.3) is 0 Å². The van der Waals surface area contributed by atoms with Gasteiger partial charge in [-0.2, -0.15) is 0 Å². The number of rotatable bonds is 16. The largest absolute Gasteiger partial charge is 0.481 e. The fourth-order valence-corrected chi connectivity index (χ4v) is 6.34. The van der Waals surface area contributed by atoms with Crippen LogP contribution in [0, 0.1) is 5.92 Å². The minimum Gasteiger partial charge on any atom is -0.481 e. The fraction of sp³-hybridized carbons (Fsp3) is 0.964. The quantitative estimate of drug-likeness (QED) is 0.0684. The van der Waals surface area contributed by atoms with Crippen LogP contribution >= 0.6 is 0 Å². The highest BCUT2D eigenvalue weighted by molar-refractivity contribution is 5.72. The molecule has 3 rings (SSSR count). The molecule has 16 atom stereocenters. The van der Waals surface area contributed by atoms with Crippen LogP contribution in [0.25, 0.3) is 0 Å². The van der Waals surface area contributed by atoms with Crippen molar-refractivity contribution < 1.29 is 74.4 Å². The van der Waals surface area contributed by atoms with Gasteiger partial charge in [0.1, 0.15) is 54.4 Å². The minimum atomic E-state index is -2.25. The summed E-state index contributed by atoms with van der Waals surface area (Å²) >= 11 is 0. The third-order valence-corrected chi connectivity index (χ3v) is 9.25. The van der Waals surface area contributed by atoms with E-state index < -0.39 is 123 Å². The summed E-state index contributed by atoms with van der Waals surface area (Å²) in [6, 6.07) is -4.28. The van der Waals surface area contributed by atoms with Crippen molar-refractivity contribution in [3.05, 3.63) is 0 Å². The summed E-state index contributed by atoms with van der Waals surface area (Å²) in [4.78, 5) is 12.4. The van der Waals surface area contributed by atoms with Crippen LogP contribution in [0.4, 0.5) is 0 Å². The second-order valence-electron chi connectivity index (χ2n) is 12.4. The second kappa shape index (κ2) is 17.5. The van der Waals surface area contributed by atoms with E-state index in [4.69, 9.17) is 40.9 Å². The Kier molecular flexibility index (Phi) is 14.9. The second-order valence-corrected chi connectivity index (χ2v) is 12.4. The van der Waals surface area contributed by atoms with Crippen molar-refractivity contribution in [2.45, 2.75) is 143 Å². The number of nitrogens with two attached hydrogens (primary N) is 3. The lowest BCUT2D eigenvalue weighted by Gasteiger charge is -2.52. The van der Waals surface area contributed by atoms with Gasteiger partial charge in [0, 0.05) is 0 Å². The summed E-state index contributed by atoms with van der Waals surface area (Å²) in [5, 5.41) is 93.8. The Morgan fingerprint density at radius 2 is 1.28 bits per heavy atom. The molecular weight excluding hydrogens is 618 g/mol. The number of carboxylic acid groups (broad SMARTS) is 1. The number of aliphatic hydroxyl groups is 8. The first-order valence-electron chi connectivity index (χ1n) is 15.8. The fourth-order valence-electron chi connectivity index (χ4n) is 6.34. The molecular formula is C28H53N3O15. The first-order valence-corrected chi connectivity index (χ1v) is 15.8. The number of ether oxygens (including phenoxy) is 5. The number of carboxylic acids is 1. The first kappa shape index (κ1) is 39.3. The van der Waals surface area contributed by atoms with Crippen LogP contribution in [0.3, 0.4) is 0 Å². The normalized spacial score (nSPS) is 44.2. The zero-order valence-electron chi connectivity index (χ0n) is 25.9. The lowest BCUT2D eigenvalue weighted by Crippen LogP contribution is -2.73. The molecule has 0 amide bonds. The first-order chi connectivity index (χ1) is 21.8. The van der Waals surface area contributed by atoms with E-state index in [1.807, 2.05) is 0 Å². The summed E-state index contributed by atoms with van der Waals surface area (Å²) in [6.45, 7) is -0.453. The average molecular weight is 672 g/mol. The number of unbranched alkanes of at least 4 members (excludes halogenated alkanes) is 5. The lowest BCUT2D eigenvalue weighted by atomic mass is 9.75. The van der Waals surface area contributed by atoms with E-state index in [9.17, 15) is 50.8 Å². The molecule has 3 unspecified atom stereocenters. The number of aliphatic carboxylic acids is 1. The average Bonchev–Trinajstić information content (AvgIpc) is 3.04. The molecule has 0 aliphatic carbocycles. The van der Waals surface area contributed by atoms with E-state index in [1.54, 1.807) is 0 Å². The Bertz CT molecular complexity index is 937. The standard InChI is InChI=1S/C28H53N3O15/c1-2-3-4-5-6-7-8-12(24(39)40)28(11-34)23(38)20(37)17(31)27(46-28)45-22-14(10-33)43-26(16(30)19(22)36)44-21-13(9-32)42-25(41)15(29)18(21)35/h12-23,25-27,32-38,41H,2-11,29-31H2,1H3,(H,39,40)/t12?,13-,14-,15-,16-,17-,18-,19-,20-,21?,22?,23+,25-,26+,27+,28+/m1/s1. The van der Waals surface area contributed by atoms with E-state index in [0.29, 0.717) is 12.8 Å². The van der Waals surface area contributed by atoms with Gasteiger partial charge in [-0.05, 0) is 6.42 Å². The molecule has 18 nitrogen and oxygen atoms in total. The SMILES string of the molecule is CCCCCCCCC(C(=O)O)[C@]1(CO)O[C@H](OC2[C@@H](CO)O[C@@H](OC3[C@@H](CO)O[C@@H](O)[C@H](N)[C@H]3O)[C@H](N)[C@H]2O)[C@H](N)[C@@H](O)[C@@H]1O. The summed E-state index contributed by atoms with van der Waals surface area (Å²) in [6.07, 6.45) is -12.4. The van der Waals surface area contributed by atoms with Crippen molar-refractivity contribution in [3.63, 3.8) is 0 Å². The van der Waals surface area contributed by atoms with E-state index in [-0.39, 0.29) is 6.42 Å². The summed E-state index contributed by atoms with van der Waals surface area (Å²) in [5.41, 5.74) is 15.8. The summed E-state index contributed by atoms with van der Waals surface area (Å²) < 4.78 is 28.4. The van der Waals surface area contributed by atoms with Crippen molar-refractivity contribution >= 4 is 5.97 Å². The van der Waals surface area contributed by atoms with Gasteiger partial charge in [-0.1, -0.05) is 45.4 Å². The molecule has 0 aromatic rings. The third-order valence-electron chi connectivity index (χ3n) is 9.25. The van der Waals surface area contributed by atoms with Gasteiger partial charge in [0.15, 0.2) is 18.9 Å². The topological polar surface area (TPSA) is 323 Å². The third kappa shape index (κ3) is 8.33. The predicted octanol–water partition coefficient (Wildman–Crippen LogP) is -4.85. The smallest absolute Gasteiger partial charge is 0.309 e. The molecule has 46 heavy (non-hydrogen) atoms. The zero-order valence-corrected chi connectivity index (χ0v) is 25.9. The van der Waals surface area contributed by atoms with Gasteiger partial charge in [0.2, 0.25) is 0 Å². The van der Waals surface area contributed by atoms with Gasteiger partial charge in [-0.15, -0.1) is 0 Å². The molecule has 18 heteroatoms. The van der Waals surface area contributed by atoms with Crippen molar-refractivity contribution in [1.82, 2.24) is 0 Å². The molecule has 0 aromatic heterocycles. The van der Waals surface area contributed by atoms with Crippen molar-refractivity contribution in [2.24, 2.45) is 23.1 Å². The van der Waals surface area contributed by atoms with Crippen LogP contribution in [-0.2, 0) is 28.5 Å². The van der Waals surface area contributed by atoms with Crippen LogP contribution in [0.2, 0.25) is 0 Å². The van der Waals surface area contributed by atoms with Gasteiger partial charge in [-0.3, -0.25) is 4.79 Å². The molecule has 0 bridgehead atoms. The van der Waals surface area contributed by atoms with E-state index in [0.717, 1.165) is 25.7 Å². The minimum absolute atomic E-state index is 0.00166. The van der Waals surface area contributed by atoms with Crippen LogP contribution < -0.4 is 17.2 Å². The van der Waals surface area contributed by atoms with E-state index in [2.05, 4.69) is 6.92 Å². The van der Waals surface area contributed by atoms with E-state index in [1.165, 1.54) is 0 Å². The summed E-state index contributed by atoms with van der Waals surface area (Å²) in [5.74, 6) is -2.87. The zero-order chi connectivity index (χ0) is 34.3. The van der Waals surface area contributed by atoms with Crippen molar-refractivity contribution in [2.75, 3.05) is 19.8 Å². The van der Waals surface area contributed by atoms with E-state index >= 15 is 0 Å². The lowest BCUT2D eigenvalue weighted by molar-refractivity contribution is -0.365. The Morgan fingerprint density at radius 3 is 1.85 bits per heavy atom. The molecule has 15 N–H and O–H groups in total. The van der Waals surface area contributed by atoms with Crippen molar-refractivity contribution in [1.29, 1.82) is 0 Å². The monoisotopic (exact) mass is 671 g/mol. The van der Waals surface area contributed by atoms with Crippen LogP contribution in [0.5, 0.6) is 0 Å². The number of hydrogen-bond donors (Lipinski definition) is 12. The molecule has 0 radical (unpaired) electrons. The Hall–Kier alpha value is -1.17. The highest BCUT2D eigenvalue weighted by Gasteiger charge is 2.60. The molecule has 270 valence electrons. The number of carbonyl (C=O) groups is 1. The van der Waals surface area contributed by atoms with Gasteiger partial charge in [0.05, 0.1) is 43.9 Å². The molecule has 3 saturated heterocycles. The Balaban J connectivity index is 1.78. The number of aliphatic hydroxyl groups excluding tert-OH is 8. The van der Waals surface area contributed by atoms with Gasteiger partial charge >= 0.3 is 5.97 Å². The molecule has 0 spiro atoms. The van der Waals surface area contributed by atoms with Crippen LogP contribution in [0.15, 0.2) is 0 Å². The highest BCUT2D eigenvalue weighted by Crippen LogP contribution is 2.40. The molecule has 3 heterocycles. The van der Waals surface area contributed by atoms with Crippen LogP contribution in [-0.4, -0.2) is 163 Å². The van der Waals surface area contributed by atoms with Gasteiger partial charge in [-0.25, -0.2) is 0 Å². The predicted molar refractivity (Wildman–Crippen MR) is 155 cm³/mol. The summed E-state index contributed by atoms with van der Waals surface area (Å²) in [7, 11) is 0.